The zero-order chi connectivity index (χ0) is 11.4. The maximum Gasteiger partial charge on any atom is 0.123 e. The highest BCUT2D eigenvalue weighted by atomic mass is 19.1. The fourth-order valence-electron chi connectivity index (χ4n) is 1.72. The van der Waals surface area contributed by atoms with Gasteiger partial charge in [-0.2, -0.15) is 0 Å². The van der Waals surface area contributed by atoms with Crippen molar-refractivity contribution in [3.63, 3.8) is 0 Å². The monoisotopic (exact) mass is 223 g/mol. The molecule has 1 aliphatic carbocycles. The molecule has 1 atom stereocenters. The van der Waals surface area contributed by atoms with Crippen LogP contribution in [0.4, 0.5) is 4.39 Å². The Morgan fingerprint density at radius 2 is 2.25 bits per heavy atom. The summed E-state index contributed by atoms with van der Waals surface area (Å²) in [6.07, 6.45) is 2.57. The van der Waals surface area contributed by atoms with Gasteiger partial charge >= 0.3 is 0 Å². The fourth-order valence-corrected chi connectivity index (χ4v) is 1.72. The largest absolute Gasteiger partial charge is 0.380 e. The normalized spacial score (nSPS) is 17.4. The van der Waals surface area contributed by atoms with Crippen molar-refractivity contribution in [3.8, 4) is 0 Å². The molecule has 0 saturated heterocycles. The second-order valence-corrected chi connectivity index (χ2v) is 4.47. The van der Waals surface area contributed by atoms with E-state index in [4.69, 9.17) is 10.5 Å². The highest BCUT2D eigenvalue weighted by Crippen LogP contribution is 2.29. The molecule has 0 spiro atoms. The van der Waals surface area contributed by atoms with Crippen molar-refractivity contribution in [3.05, 3.63) is 35.6 Å². The molecule has 1 saturated carbocycles. The van der Waals surface area contributed by atoms with Crippen molar-refractivity contribution in [2.75, 3.05) is 19.8 Å². The van der Waals surface area contributed by atoms with Crippen LogP contribution in [0.5, 0.6) is 0 Å². The minimum atomic E-state index is -0.210. The molecule has 0 aliphatic heterocycles. The Bertz CT molecular complexity index is 338. The van der Waals surface area contributed by atoms with E-state index in [1.54, 1.807) is 6.07 Å². The topological polar surface area (TPSA) is 35.2 Å². The van der Waals surface area contributed by atoms with E-state index in [0.29, 0.717) is 13.2 Å². The van der Waals surface area contributed by atoms with Gasteiger partial charge in [-0.3, -0.25) is 0 Å². The van der Waals surface area contributed by atoms with Gasteiger partial charge in [0, 0.05) is 19.1 Å². The van der Waals surface area contributed by atoms with Gasteiger partial charge in [0.05, 0.1) is 6.61 Å². The molecule has 1 aromatic rings. The van der Waals surface area contributed by atoms with Crippen LogP contribution >= 0.6 is 0 Å². The number of rotatable bonds is 6. The first-order valence-corrected chi connectivity index (χ1v) is 5.83. The number of nitrogens with two attached hydrogens (primary N) is 1. The van der Waals surface area contributed by atoms with Gasteiger partial charge in [0.15, 0.2) is 0 Å². The Hall–Kier alpha value is -0.930. The standard InChI is InChI=1S/C13H18FNO/c14-13-3-1-2-11(6-13)12(7-15)9-16-8-10-4-5-10/h1-3,6,10,12H,4-5,7-9,15H2. The van der Waals surface area contributed by atoms with Crippen LogP contribution in [0.15, 0.2) is 24.3 Å². The van der Waals surface area contributed by atoms with Gasteiger partial charge in [0.25, 0.3) is 0 Å². The van der Waals surface area contributed by atoms with E-state index < -0.39 is 0 Å². The van der Waals surface area contributed by atoms with Gasteiger partial charge in [0.1, 0.15) is 5.82 Å². The molecule has 0 bridgehead atoms. The first-order chi connectivity index (χ1) is 7.79. The third kappa shape index (κ3) is 3.29. The zero-order valence-corrected chi connectivity index (χ0v) is 9.36. The van der Waals surface area contributed by atoms with E-state index in [2.05, 4.69) is 0 Å². The third-order valence-electron chi connectivity index (χ3n) is 2.97. The van der Waals surface area contributed by atoms with Crippen LogP contribution in [0.2, 0.25) is 0 Å². The summed E-state index contributed by atoms with van der Waals surface area (Å²) < 4.78 is 18.6. The van der Waals surface area contributed by atoms with Gasteiger partial charge in [-0.25, -0.2) is 4.39 Å². The molecule has 1 fully saturated rings. The van der Waals surface area contributed by atoms with Crippen LogP contribution in [0.1, 0.15) is 24.3 Å². The Morgan fingerprint density at radius 3 is 2.88 bits per heavy atom. The van der Waals surface area contributed by atoms with E-state index in [1.807, 2.05) is 6.07 Å². The van der Waals surface area contributed by atoms with Crippen molar-refractivity contribution in [1.82, 2.24) is 0 Å². The minimum Gasteiger partial charge on any atom is -0.380 e. The molecule has 2 nitrogen and oxygen atoms in total. The van der Waals surface area contributed by atoms with Gasteiger partial charge < -0.3 is 10.5 Å². The molecule has 2 rings (SSSR count). The number of hydrogen-bond donors (Lipinski definition) is 1. The van der Waals surface area contributed by atoms with Crippen LogP contribution < -0.4 is 5.73 Å². The van der Waals surface area contributed by atoms with Gasteiger partial charge in [-0.1, -0.05) is 12.1 Å². The summed E-state index contributed by atoms with van der Waals surface area (Å²) in [6, 6.07) is 6.61. The second-order valence-electron chi connectivity index (χ2n) is 4.47. The lowest BCUT2D eigenvalue weighted by molar-refractivity contribution is 0.112. The van der Waals surface area contributed by atoms with E-state index in [1.165, 1.54) is 25.0 Å². The van der Waals surface area contributed by atoms with Crippen LogP contribution in [-0.2, 0) is 4.74 Å². The maximum atomic E-state index is 13.0. The molecule has 0 aromatic heterocycles. The van der Waals surface area contributed by atoms with Crippen molar-refractivity contribution in [2.24, 2.45) is 11.7 Å². The molecule has 0 heterocycles. The Kier molecular flexibility index (Phi) is 3.91. The molecule has 1 aromatic carbocycles. The van der Waals surface area contributed by atoms with Crippen molar-refractivity contribution < 1.29 is 9.13 Å². The molecule has 1 unspecified atom stereocenters. The summed E-state index contributed by atoms with van der Waals surface area (Å²) in [5.74, 6) is 0.651. The lowest BCUT2D eigenvalue weighted by atomic mass is 10.0. The summed E-state index contributed by atoms with van der Waals surface area (Å²) in [7, 11) is 0. The van der Waals surface area contributed by atoms with Crippen molar-refractivity contribution in [1.29, 1.82) is 0 Å². The minimum absolute atomic E-state index is 0.106. The maximum absolute atomic E-state index is 13.0. The first-order valence-electron chi connectivity index (χ1n) is 5.83. The van der Waals surface area contributed by atoms with Crippen molar-refractivity contribution in [2.45, 2.75) is 18.8 Å². The number of ether oxygens (including phenoxy) is 1. The molecular formula is C13H18FNO. The molecule has 88 valence electrons. The Labute approximate surface area is 95.6 Å². The number of hydrogen-bond acceptors (Lipinski definition) is 2. The first kappa shape index (κ1) is 11.6. The molecule has 0 amide bonds. The molecular weight excluding hydrogens is 205 g/mol. The van der Waals surface area contributed by atoms with E-state index in [-0.39, 0.29) is 11.7 Å². The smallest absolute Gasteiger partial charge is 0.123 e. The van der Waals surface area contributed by atoms with Crippen LogP contribution in [0, 0.1) is 11.7 Å². The fraction of sp³-hybridized carbons (Fsp3) is 0.538. The number of halogens is 1. The van der Waals surface area contributed by atoms with E-state index >= 15 is 0 Å². The summed E-state index contributed by atoms with van der Waals surface area (Å²) in [5.41, 5.74) is 6.61. The van der Waals surface area contributed by atoms with E-state index in [0.717, 1.165) is 18.1 Å². The highest BCUT2D eigenvalue weighted by molar-refractivity contribution is 5.21. The summed E-state index contributed by atoms with van der Waals surface area (Å²) in [5, 5.41) is 0. The molecule has 2 N–H and O–H groups in total. The molecule has 3 heteroatoms. The number of benzene rings is 1. The lowest BCUT2D eigenvalue weighted by Crippen LogP contribution is -2.18. The second kappa shape index (κ2) is 5.41. The predicted octanol–water partition coefficient (Wildman–Crippen LogP) is 2.29. The van der Waals surface area contributed by atoms with Gasteiger partial charge in [-0.05, 0) is 36.5 Å². The highest BCUT2D eigenvalue weighted by Gasteiger charge is 2.22. The van der Waals surface area contributed by atoms with Gasteiger partial charge in [0.2, 0.25) is 0 Å². The SMILES string of the molecule is NCC(COCC1CC1)c1cccc(F)c1. The molecule has 16 heavy (non-hydrogen) atoms. The summed E-state index contributed by atoms with van der Waals surface area (Å²) in [6.45, 7) is 1.91. The third-order valence-corrected chi connectivity index (χ3v) is 2.97. The van der Waals surface area contributed by atoms with Crippen LogP contribution in [0.25, 0.3) is 0 Å². The predicted molar refractivity (Wildman–Crippen MR) is 61.7 cm³/mol. The summed E-state index contributed by atoms with van der Waals surface area (Å²) >= 11 is 0. The van der Waals surface area contributed by atoms with E-state index in [9.17, 15) is 4.39 Å². The van der Waals surface area contributed by atoms with Crippen molar-refractivity contribution >= 4 is 0 Å². The molecule has 1 aliphatic rings. The Balaban J connectivity index is 1.87. The Morgan fingerprint density at radius 1 is 1.44 bits per heavy atom. The lowest BCUT2D eigenvalue weighted by Gasteiger charge is -2.15. The average Bonchev–Trinajstić information content (AvgIpc) is 3.08. The average molecular weight is 223 g/mol. The van der Waals surface area contributed by atoms with Gasteiger partial charge in [-0.15, -0.1) is 0 Å². The zero-order valence-electron chi connectivity index (χ0n) is 9.36. The van der Waals surface area contributed by atoms with Crippen LogP contribution in [-0.4, -0.2) is 19.8 Å². The quantitative estimate of drug-likeness (QED) is 0.803. The van der Waals surface area contributed by atoms with Crippen LogP contribution in [0.3, 0.4) is 0 Å². The molecule has 0 radical (unpaired) electrons. The summed E-state index contributed by atoms with van der Waals surface area (Å²) in [4.78, 5) is 0.